The Balaban J connectivity index is 1.77. The monoisotopic (exact) mass is 394 g/mol. The van der Waals surface area contributed by atoms with Crippen LogP contribution in [0.4, 0.5) is 0 Å². The lowest BCUT2D eigenvalue weighted by molar-refractivity contribution is -0.143. The Morgan fingerprint density at radius 1 is 1.31 bits per heavy atom. The number of halogens is 1. The van der Waals surface area contributed by atoms with E-state index >= 15 is 0 Å². The highest BCUT2D eigenvalue weighted by Crippen LogP contribution is 2.33. The van der Waals surface area contributed by atoms with Gasteiger partial charge in [-0.05, 0) is 42.6 Å². The molecule has 2 heterocycles. The fourth-order valence-corrected chi connectivity index (χ4v) is 4.36. The van der Waals surface area contributed by atoms with E-state index in [9.17, 15) is 9.90 Å². The predicted molar refractivity (Wildman–Crippen MR) is 104 cm³/mol. The molecule has 1 saturated heterocycles. The Labute approximate surface area is 162 Å². The van der Waals surface area contributed by atoms with Gasteiger partial charge in [-0.2, -0.15) is 0 Å². The number of nitrogens with zero attached hydrogens (tertiary/aromatic N) is 2. The van der Waals surface area contributed by atoms with Gasteiger partial charge in [0.25, 0.3) is 0 Å². The quantitative estimate of drug-likeness (QED) is 0.808. The number of carbonyl (C=O) groups is 1. The van der Waals surface area contributed by atoms with Crippen LogP contribution in [0.1, 0.15) is 22.9 Å². The minimum Gasteiger partial charge on any atom is -0.496 e. The molecule has 0 bridgehead atoms. The number of carboxylic acid groups (broad SMARTS) is 1. The van der Waals surface area contributed by atoms with Crippen molar-refractivity contribution < 1.29 is 14.6 Å². The van der Waals surface area contributed by atoms with Crippen molar-refractivity contribution in [1.29, 1.82) is 0 Å². The number of carboxylic acids is 1. The number of methoxy groups -OCH3 is 1. The Morgan fingerprint density at radius 3 is 2.85 bits per heavy atom. The molecule has 5 nitrogen and oxygen atoms in total. The highest BCUT2D eigenvalue weighted by molar-refractivity contribution is 7.09. The van der Waals surface area contributed by atoms with Gasteiger partial charge >= 0.3 is 5.97 Å². The third-order valence-corrected chi connectivity index (χ3v) is 5.76. The minimum atomic E-state index is -0.878. The van der Waals surface area contributed by atoms with Gasteiger partial charge < -0.3 is 9.84 Å². The zero-order valence-electron chi connectivity index (χ0n) is 14.7. The van der Waals surface area contributed by atoms with Crippen molar-refractivity contribution in [3.05, 3.63) is 51.2 Å². The summed E-state index contributed by atoms with van der Waals surface area (Å²) in [6.07, 6.45) is 0.929. The summed E-state index contributed by atoms with van der Waals surface area (Å²) in [4.78, 5) is 17.8. The normalized spacial score (nSPS) is 17.6. The molecule has 1 fully saturated rings. The Hall–Kier alpha value is -1.60. The molecule has 1 unspecified atom stereocenters. The third-order valence-electron chi connectivity index (χ3n) is 4.67. The zero-order valence-corrected chi connectivity index (χ0v) is 16.3. The van der Waals surface area contributed by atoms with Crippen LogP contribution < -0.4 is 4.74 Å². The van der Waals surface area contributed by atoms with E-state index in [0.29, 0.717) is 22.9 Å². The first-order valence-electron chi connectivity index (χ1n) is 8.63. The van der Waals surface area contributed by atoms with E-state index in [1.165, 1.54) is 4.88 Å². The van der Waals surface area contributed by atoms with Crippen molar-refractivity contribution in [2.75, 3.05) is 33.3 Å². The second kappa shape index (κ2) is 8.86. The van der Waals surface area contributed by atoms with Gasteiger partial charge in [-0.25, -0.2) is 0 Å². The molecule has 0 saturated carbocycles. The molecular weight excluding hydrogens is 372 g/mol. The molecule has 1 aromatic heterocycles. The van der Waals surface area contributed by atoms with Crippen LogP contribution in [0.3, 0.4) is 0 Å². The van der Waals surface area contributed by atoms with Crippen LogP contribution >= 0.6 is 22.9 Å². The maximum atomic E-state index is 12.1. The molecule has 1 aliphatic heterocycles. The van der Waals surface area contributed by atoms with E-state index in [1.807, 2.05) is 4.90 Å². The molecule has 7 heteroatoms. The van der Waals surface area contributed by atoms with E-state index in [-0.39, 0.29) is 0 Å². The van der Waals surface area contributed by atoms with Crippen LogP contribution in [0, 0.1) is 0 Å². The highest BCUT2D eigenvalue weighted by Gasteiger charge is 2.31. The summed E-state index contributed by atoms with van der Waals surface area (Å²) in [6.45, 7) is 4.15. The van der Waals surface area contributed by atoms with Gasteiger partial charge in [0.05, 0.1) is 7.11 Å². The van der Waals surface area contributed by atoms with Gasteiger partial charge in [0.1, 0.15) is 11.8 Å². The summed E-state index contributed by atoms with van der Waals surface area (Å²) < 4.78 is 5.39. The van der Waals surface area contributed by atoms with Crippen LogP contribution in [-0.4, -0.2) is 54.2 Å². The lowest BCUT2D eigenvalue weighted by atomic mass is 10.0. The van der Waals surface area contributed by atoms with Crippen molar-refractivity contribution in [2.45, 2.75) is 19.0 Å². The number of aliphatic carboxylic acids is 1. The van der Waals surface area contributed by atoms with Crippen molar-refractivity contribution in [3.63, 3.8) is 0 Å². The van der Waals surface area contributed by atoms with Gasteiger partial charge in [-0.15, -0.1) is 11.3 Å². The SMILES string of the molecule is COc1ccc(Cl)cc1C(C(=O)O)N1CCCN(Cc2cccs2)CC1. The molecule has 3 rings (SSSR count). The number of hydrogen-bond acceptors (Lipinski definition) is 5. The van der Waals surface area contributed by atoms with E-state index in [1.54, 1.807) is 36.6 Å². The summed E-state index contributed by atoms with van der Waals surface area (Å²) in [7, 11) is 1.55. The van der Waals surface area contributed by atoms with Crippen LogP contribution in [0.2, 0.25) is 5.02 Å². The maximum absolute atomic E-state index is 12.1. The van der Waals surface area contributed by atoms with Crippen molar-refractivity contribution in [2.24, 2.45) is 0 Å². The topological polar surface area (TPSA) is 53.0 Å². The summed E-state index contributed by atoms with van der Waals surface area (Å²) >= 11 is 7.88. The Morgan fingerprint density at radius 2 is 2.15 bits per heavy atom. The number of hydrogen-bond donors (Lipinski definition) is 1. The van der Waals surface area contributed by atoms with Crippen molar-refractivity contribution in [3.8, 4) is 5.75 Å². The zero-order chi connectivity index (χ0) is 18.5. The molecule has 0 aliphatic carbocycles. The van der Waals surface area contributed by atoms with Gasteiger partial charge in [-0.1, -0.05) is 17.7 Å². The first-order valence-corrected chi connectivity index (χ1v) is 9.89. The fraction of sp³-hybridized carbons (Fsp3) is 0.421. The molecule has 2 aromatic rings. The first kappa shape index (κ1) is 19.2. The molecule has 0 spiro atoms. The van der Waals surface area contributed by atoms with Crippen LogP contribution in [-0.2, 0) is 11.3 Å². The smallest absolute Gasteiger partial charge is 0.325 e. The lowest BCUT2D eigenvalue weighted by Gasteiger charge is -2.29. The van der Waals surface area contributed by atoms with Crippen molar-refractivity contribution in [1.82, 2.24) is 9.80 Å². The molecule has 140 valence electrons. The third kappa shape index (κ3) is 4.57. The lowest BCUT2D eigenvalue weighted by Crippen LogP contribution is -2.37. The van der Waals surface area contributed by atoms with Gasteiger partial charge in [-0.3, -0.25) is 14.6 Å². The second-order valence-electron chi connectivity index (χ2n) is 6.37. The Bertz CT molecular complexity index is 738. The van der Waals surface area contributed by atoms with E-state index in [0.717, 1.165) is 32.6 Å². The standard InChI is InChI=1S/C19H23ClN2O3S/c1-25-17-6-5-14(20)12-16(17)18(19(23)24)22-8-3-7-21(9-10-22)13-15-4-2-11-26-15/h2,4-6,11-12,18H,3,7-10,13H2,1H3,(H,23,24). The van der Waals surface area contributed by atoms with Gasteiger partial charge in [0.2, 0.25) is 0 Å². The van der Waals surface area contributed by atoms with E-state index < -0.39 is 12.0 Å². The number of ether oxygens (including phenoxy) is 1. The minimum absolute atomic E-state index is 0.515. The molecule has 26 heavy (non-hydrogen) atoms. The molecule has 1 N–H and O–H groups in total. The molecule has 0 radical (unpaired) electrons. The summed E-state index contributed by atoms with van der Waals surface area (Å²) in [5, 5.41) is 12.5. The van der Waals surface area contributed by atoms with Gasteiger partial charge in [0, 0.05) is 41.6 Å². The molecule has 1 aliphatic rings. The predicted octanol–water partition coefficient (Wildman–Crippen LogP) is 3.74. The summed E-state index contributed by atoms with van der Waals surface area (Å²) in [6, 6.07) is 8.60. The largest absolute Gasteiger partial charge is 0.496 e. The number of benzene rings is 1. The molecule has 1 aromatic carbocycles. The van der Waals surface area contributed by atoms with Crippen LogP contribution in [0.15, 0.2) is 35.7 Å². The average molecular weight is 395 g/mol. The van der Waals surface area contributed by atoms with E-state index in [4.69, 9.17) is 16.3 Å². The fourth-order valence-electron chi connectivity index (χ4n) is 3.43. The summed E-state index contributed by atoms with van der Waals surface area (Å²) in [5.41, 5.74) is 0.610. The van der Waals surface area contributed by atoms with E-state index in [2.05, 4.69) is 22.4 Å². The highest BCUT2D eigenvalue weighted by atomic mass is 35.5. The van der Waals surface area contributed by atoms with Crippen LogP contribution in [0.25, 0.3) is 0 Å². The molecule has 1 atom stereocenters. The molecular formula is C19H23ClN2O3S. The van der Waals surface area contributed by atoms with Gasteiger partial charge in [0.15, 0.2) is 0 Å². The Kier molecular flexibility index (Phi) is 6.53. The summed E-state index contributed by atoms with van der Waals surface area (Å²) in [5.74, 6) is -0.321. The number of thiophene rings is 1. The van der Waals surface area contributed by atoms with Crippen molar-refractivity contribution >= 4 is 28.9 Å². The average Bonchev–Trinajstić information content (AvgIpc) is 3.02. The molecule has 0 amide bonds. The second-order valence-corrected chi connectivity index (χ2v) is 7.84. The maximum Gasteiger partial charge on any atom is 0.325 e. The van der Waals surface area contributed by atoms with Crippen LogP contribution in [0.5, 0.6) is 5.75 Å². The number of rotatable bonds is 6. The first-order chi connectivity index (χ1) is 12.6.